The van der Waals surface area contributed by atoms with Gasteiger partial charge in [-0.3, -0.25) is 10.6 Å². The molecule has 0 atom stereocenters. The minimum Gasteiger partial charge on any atom is -0.346 e. The minimum absolute atomic E-state index is 0.134. The molecule has 0 aromatic rings. The number of ether oxygens (including phenoxy) is 1. The van der Waals surface area contributed by atoms with Crippen molar-refractivity contribution in [1.29, 1.82) is 0 Å². The molecule has 0 aromatic carbocycles. The van der Waals surface area contributed by atoms with Gasteiger partial charge in [0.1, 0.15) is 5.72 Å². The van der Waals surface area contributed by atoms with Gasteiger partial charge >= 0.3 is 0 Å². The third-order valence-electron chi connectivity index (χ3n) is 1.17. The number of nitrogens with one attached hydrogen (secondary N) is 2. The van der Waals surface area contributed by atoms with Crippen molar-refractivity contribution in [3.8, 4) is 0 Å². The normalized spacial score (nSPS) is 27.8. The van der Waals surface area contributed by atoms with Gasteiger partial charge in [0, 0.05) is 6.67 Å². The Hall–Kier alpha value is -0.120. The Labute approximate surface area is 49.4 Å². The van der Waals surface area contributed by atoms with Crippen LogP contribution in [0.1, 0.15) is 13.8 Å². The van der Waals surface area contributed by atoms with Gasteiger partial charge in [0.2, 0.25) is 0 Å². The van der Waals surface area contributed by atoms with E-state index in [0.29, 0.717) is 6.73 Å². The summed E-state index contributed by atoms with van der Waals surface area (Å²) in [7, 11) is 0. The van der Waals surface area contributed by atoms with Crippen molar-refractivity contribution in [1.82, 2.24) is 10.6 Å². The molecule has 3 heteroatoms. The maximum absolute atomic E-state index is 5.24. The summed E-state index contributed by atoms with van der Waals surface area (Å²) in [6.07, 6.45) is 0. The predicted molar refractivity (Wildman–Crippen MR) is 31.2 cm³/mol. The van der Waals surface area contributed by atoms with E-state index >= 15 is 0 Å². The average Bonchev–Trinajstić information content (AvgIpc) is 1.65. The Balaban J connectivity index is 2.33. The molecular weight excluding hydrogens is 104 g/mol. The second-order valence-electron chi connectivity index (χ2n) is 2.40. The summed E-state index contributed by atoms with van der Waals surface area (Å²) >= 11 is 0. The maximum Gasteiger partial charge on any atom is 0.116 e. The average molecular weight is 116 g/mol. The third-order valence-corrected chi connectivity index (χ3v) is 1.17. The predicted octanol–water partition coefficient (Wildman–Crippen LogP) is -0.153. The zero-order chi connectivity index (χ0) is 6.04. The van der Waals surface area contributed by atoms with E-state index in [1.807, 2.05) is 13.8 Å². The van der Waals surface area contributed by atoms with Crippen LogP contribution in [0.15, 0.2) is 0 Å². The summed E-state index contributed by atoms with van der Waals surface area (Å²) in [4.78, 5) is 0. The van der Waals surface area contributed by atoms with Gasteiger partial charge in [0.05, 0.1) is 6.73 Å². The van der Waals surface area contributed by atoms with E-state index < -0.39 is 0 Å². The van der Waals surface area contributed by atoms with Gasteiger partial charge < -0.3 is 4.74 Å². The Bertz CT molecular complexity index is 74.5. The van der Waals surface area contributed by atoms with Crippen molar-refractivity contribution >= 4 is 0 Å². The summed E-state index contributed by atoms with van der Waals surface area (Å²) < 4.78 is 5.24. The SMILES string of the molecule is CC1(C)NCNCO1. The molecule has 0 amide bonds. The van der Waals surface area contributed by atoms with E-state index in [2.05, 4.69) is 10.6 Å². The van der Waals surface area contributed by atoms with Crippen LogP contribution in [0.25, 0.3) is 0 Å². The van der Waals surface area contributed by atoms with E-state index in [-0.39, 0.29) is 5.72 Å². The van der Waals surface area contributed by atoms with Gasteiger partial charge in [-0.15, -0.1) is 0 Å². The lowest BCUT2D eigenvalue weighted by Gasteiger charge is -2.31. The first kappa shape index (κ1) is 6.01. The van der Waals surface area contributed by atoms with Gasteiger partial charge in [-0.1, -0.05) is 0 Å². The lowest BCUT2D eigenvalue weighted by Crippen LogP contribution is -2.53. The van der Waals surface area contributed by atoms with Crippen LogP contribution in [0.5, 0.6) is 0 Å². The summed E-state index contributed by atoms with van der Waals surface area (Å²) in [5.74, 6) is 0. The highest BCUT2D eigenvalue weighted by Crippen LogP contribution is 2.03. The van der Waals surface area contributed by atoms with Crippen molar-refractivity contribution in [2.45, 2.75) is 19.6 Å². The fraction of sp³-hybridized carbons (Fsp3) is 1.00. The maximum atomic E-state index is 5.24. The lowest BCUT2D eigenvalue weighted by atomic mass is 10.3. The Kier molecular flexibility index (Phi) is 1.51. The molecule has 0 saturated carbocycles. The molecule has 2 N–H and O–H groups in total. The zero-order valence-corrected chi connectivity index (χ0v) is 5.32. The molecule has 0 spiro atoms. The summed E-state index contributed by atoms with van der Waals surface area (Å²) in [5.41, 5.74) is -0.134. The Morgan fingerprint density at radius 2 is 2.25 bits per heavy atom. The zero-order valence-electron chi connectivity index (χ0n) is 5.32. The van der Waals surface area contributed by atoms with Gasteiger partial charge in [-0.25, -0.2) is 0 Å². The molecular formula is C5H12N2O. The highest BCUT2D eigenvalue weighted by Gasteiger charge is 2.19. The van der Waals surface area contributed by atoms with Crippen LogP contribution in [-0.4, -0.2) is 19.1 Å². The molecule has 0 radical (unpaired) electrons. The molecule has 1 aliphatic rings. The van der Waals surface area contributed by atoms with Gasteiger partial charge in [-0.2, -0.15) is 0 Å². The number of hydrogen-bond acceptors (Lipinski definition) is 3. The van der Waals surface area contributed by atoms with E-state index in [1.165, 1.54) is 0 Å². The van der Waals surface area contributed by atoms with E-state index in [1.54, 1.807) is 0 Å². The van der Waals surface area contributed by atoms with E-state index in [9.17, 15) is 0 Å². The van der Waals surface area contributed by atoms with Crippen molar-refractivity contribution < 1.29 is 4.74 Å². The van der Waals surface area contributed by atoms with Gasteiger partial charge in [-0.05, 0) is 13.8 Å². The minimum atomic E-state index is -0.134. The van der Waals surface area contributed by atoms with Gasteiger partial charge in [0.15, 0.2) is 0 Å². The summed E-state index contributed by atoms with van der Waals surface area (Å²) in [5, 5.41) is 6.13. The first-order chi connectivity index (χ1) is 3.71. The van der Waals surface area contributed by atoms with Crippen LogP contribution in [0.2, 0.25) is 0 Å². The van der Waals surface area contributed by atoms with Crippen molar-refractivity contribution in [3.63, 3.8) is 0 Å². The quantitative estimate of drug-likeness (QED) is 0.461. The molecule has 1 aliphatic heterocycles. The third kappa shape index (κ3) is 1.43. The topological polar surface area (TPSA) is 33.3 Å². The molecule has 8 heavy (non-hydrogen) atoms. The lowest BCUT2D eigenvalue weighted by molar-refractivity contribution is -0.0811. The molecule has 0 aromatic heterocycles. The second kappa shape index (κ2) is 2.01. The second-order valence-corrected chi connectivity index (χ2v) is 2.40. The fourth-order valence-electron chi connectivity index (χ4n) is 0.609. The van der Waals surface area contributed by atoms with Crippen molar-refractivity contribution in [2.75, 3.05) is 13.4 Å². The molecule has 0 bridgehead atoms. The molecule has 0 unspecified atom stereocenters. The molecule has 48 valence electrons. The Morgan fingerprint density at radius 1 is 1.50 bits per heavy atom. The number of hydrogen-bond donors (Lipinski definition) is 2. The first-order valence-electron chi connectivity index (χ1n) is 2.80. The molecule has 1 saturated heterocycles. The monoisotopic (exact) mass is 116 g/mol. The Morgan fingerprint density at radius 3 is 2.50 bits per heavy atom. The molecule has 1 rings (SSSR count). The molecule has 1 heterocycles. The van der Waals surface area contributed by atoms with Crippen LogP contribution in [0.3, 0.4) is 0 Å². The van der Waals surface area contributed by atoms with Gasteiger partial charge in [0.25, 0.3) is 0 Å². The highest BCUT2D eigenvalue weighted by atomic mass is 16.5. The highest BCUT2D eigenvalue weighted by molar-refractivity contribution is 4.66. The van der Waals surface area contributed by atoms with E-state index in [0.717, 1.165) is 6.67 Å². The largest absolute Gasteiger partial charge is 0.346 e. The molecule has 0 aliphatic carbocycles. The first-order valence-corrected chi connectivity index (χ1v) is 2.80. The summed E-state index contributed by atoms with van der Waals surface area (Å²) in [6.45, 7) is 5.51. The van der Waals surface area contributed by atoms with Crippen molar-refractivity contribution in [3.05, 3.63) is 0 Å². The fourth-order valence-corrected chi connectivity index (χ4v) is 0.609. The molecule has 3 nitrogen and oxygen atoms in total. The number of rotatable bonds is 0. The van der Waals surface area contributed by atoms with Crippen molar-refractivity contribution in [2.24, 2.45) is 0 Å². The van der Waals surface area contributed by atoms with Crippen LogP contribution in [0.4, 0.5) is 0 Å². The smallest absolute Gasteiger partial charge is 0.116 e. The summed E-state index contributed by atoms with van der Waals surface area (Å²) in [6, 6.07) is 0. The standard InChI is InChI=1S/C5H12N2O/c1-5(2)7-3-6-4-8-5/h6-7H,3-4H2,1-2H3. The van der Waals surface area contributed by atoms with Crippen LogP contribution in [-0.2, 0) is 4.74 Å². The van der Waals surface area contributed by atoms with Crippen LogP contribution < -0.4 is 10.6 Å². The molecule has 1 fully saturated rings. The van der Waals surface area contributed by atoms with Crippen LogP contribution in [0, 0.1) is 0 Å². The van der Waals surface area contributed by atoms with E-state index in [4.69, 9.17) is 4.74 Å². The van der Waals surface area contributed by atoms with Crippen LogP contribution >= 0.6 is 0 Å².